The Bertz CT molecular complexity index is 1500. The summed E-state index contributed by atoms with van der Waals surface area (Å²) < 4.78 is 65.1. The molecular formula is C25H25F4N7O2. The fraction of sp³-hybridized carbons (Fsp3) is 0.360. The summed E-state index contributed by atoms with van der Waals surface area (Å²) in [6, 6.07) is 2.77. The van der Waals surface area contributed by atoms with Gasteiger partial charge in [0.15, 0.2) is 5.65 Å². The minimum Gasteiger partial charge on any atom is -0.378 e. The van der Waals surface area contributed by atoms with Crippen molar-refractivity contribution >= 4 is 23.1 Å². The highest BCUT2D eigenvalue weighted by molar-refractivity contribution is 6.04. The van der Waals surface area contributed by atoms with Crippen molar-refractivity contribution in [2.24, 2.45) is 0 Å². The molecule has 0 bridgehead atoms. The van der Waals surface area contributed by atoms with Crippen molar-refractivity contribution in [1.29, 1.82) is 0 Å². The third kappa shape index (κ3) is 4.80. The topological polar surface area (TPSA) is 89.6 Å². The normalized spacial score (nSPS) is 14.8. The Hall–Kier alpha value is -4.00. The Morgan fingerprint density at radius 2 is 1.82 bits per heavy atom. The minimum absolute atomic E-state index is 0.167. The van der Waals surface area contributed by atoms with Gasteiger partial charge in [-0.25, -0.2) is 14.6 Å². The molecule has 0 unspecified atom stereocenters. The number of imidazole rings is 1. The van der Waals surface area contributed by atoms with Crippen molar-refractivity contribution in [3.63, 3.8) is 0 Å². The van der Waals surface area contributed by atoms with Crippen molar-refractivity contribution in [2.75, 3.05) is 36.5 Å². The zero-order valence-corrected chi connectivity index (χ0v) is 20.9. The van der Waals surface area contributed by atoms with Crippen molar-refractivity contribution in [1.82, 2.24) is 24.1 Å². The van der Waals surface area contributed by atoms with Crippen LogP contribution in [0.2, 0.25) is 0 Å². The molecule has 0 saturated carbocycles. The van der Waals surface area contributed by atoms with Crippen LogP contribution in [0.25, 0.3) is 16.8 Å². The first-order valence-corrected chi connectivity index (χ1v) is 11.9. The number of ether oxygens (including phenoxy) is 1. The van der Waals surface area contributed by atoms with E-state index in [-0.39, 0.29) is 22.5 Å². The highest BCUT2D eigenvalue weighted by Crippen LogP contribution is 2.39. The largest absolute Gasteiger partial charge is 0.418 e. The summed E-state index contributed by atoms with van der Waals surface area (Å²) in [6.45, 7) is 7.24. The summed E-state index contributed by atoms with van der Waals surface area (Å²) in [6.07, 6.45) is 1.77. The third-order valence-corrected chi connectivity index (χ3v) is 6.17. The number of hydrogen-bond donors (Lipinski definition) is 1. The Morgan fingerprint density at radius 1 is 1.08 bits per heavy atom. The second kappa shape index (κ2) is 9.39. The van der Waals surface area contributed by atoms with Gasteiger partial charge in [-0.3, -0.25) is 4.79 Å². The molecule has 1 fully saturated rings. The number of nitrogens with zero attached hydrogens (tertiary/aromatic N) is 6. The number of carbonyl (C=O) groups is 1. The fourth-order valence-corrected chi connectivity index (χ4v) is 4.32. The van der Waals surface area contributed by atoms with Gasteiger partial charge in [0.2, 0.25) is 5.95 Å². The van der Waals surface area contributed by atoms with Crippen LogP contribution in [0.15, 0.2) is 43.1 Å². The van der Waals surface area contributed by atoms with Crippen LogP contribution in [0.1, 0.15) is 36.7 Å². The molecule has 13 heteroatoms. The molecule has 4 aromatic rings. The molecule has 1 aliphatic rings. The average Bonchev–Trinajstić information content (AvgIpc) is 3.49. The van der Waals surface area contributed by atoms with Crippen molar-refractivity contribution in [2.45, 2.75) is 32.5 Å². The zero-order chi connectivity index (χ0) is 27.2. The number of fused-ring (bicyclic) bond motifs is 1. The van der Waals surface area contributed by atoms with Crippen LogP contribution in [0.3, 0.4) is 0 Å². The third-order valence-electron chi connectivity index (χ3n) is 6.17. The summed E-state index contributed by atoms with van der Waals surface area (Å²) >= 11 is 0. The summed E-state index contributed by atoms with van der Waals surface area (Å²) in [5.41, 5.74) is -0.743. The predicted molar refractivity (Wildman–Crippen MR) is 132 cm³/mol. The minimum atomic E-state index is -4.71. The standard InChI is InChI=1S/C25H25F4N7O2/c1-24(2,3)36-21(26)17(12-32-36)23(37)33-20-11-16(18(13-31-20)25(27,28)29)15-10-19(34-6-8-38-9-7-34)22-30-4-5-35(22)14-15/h4-5,10-14H,6-9H2,1-3H3,(H,31,33,37). The van der Waals surface area contributed by atoms with Gasteiger partial charge in [0, 0.05) is 49.0 Å². The zero-order valence-electron chi connectivity index (χ0n) is 20.9. The number of pyridine rings is 2. The lowest BCUT2D eigenvalue weighted by Gasteiger charge is -2.29. The molecule has 1 aliphatic heterocycles. The number of carbonyl (C=O) groups excluding carboxylic acids is 1. The van der Waals surface area contributed by atoms with Gasteiger partial charge in [0.1, 0.15) is 11.4 Å². The maximum atomic E-state index is 14.8. The number of nitrogens with one attached hydrogen (secondary N) is 1. The quantitative estimate of drug-likeness (QED) is 0.388. The number of hydrogen-bond acceptors (Lipinski definition) is 6. The van der Waals surface area contributed by atoms with E-state index in [0.717, 1.165) is 16.9 Å². The summed E-state index contributed by atoms with van der Waals surface area (Å²) in [4.78, 5) is 23.0. The van der Waals surface area contributed by atoms with Crippen LogP contribution < -0.4 is 10.2 Å². The Labute approximate surface area is 215 Å². The van der Waals surface area contributed by atoms with E-state index >= 15 is 0 Å². The van der Waals surface area contributed by atoms with E-state index in [9.17, 15) is 22.4 Å². The maximum Gasteiger partial charge on any atom is 0.418 e. The van der Waals surface area contributed by atoms with Gasteiger partial charge in [-0.1, -0.05) is 0 Å². The van der Waals surface area contributed by atoms with E-state index in [1.165, 1.54) is 6.20 Å². The van der Waals surface area contributed by atoms with Gasteiger partial charge in [-0.15, -0.1) is 0 Å². The molecule has 0 spiro atoms. The lowest BCUT2D eigenvalue weighted by molar-refractivity contribution is -0.137. The van der Waals surface area contributed by atoms with Crippen LogP contribution in [0.4, 0.5) is 29.1 Å². The first-order valence-electron chi connectivity index (χ1n) is 11.9. The summed E-state index contributed by atoms with van der Waals surface area (Å²) in [7, 11) is 0. The second-order valence-electron chi connectivity index (χ2n) is 9.87. The van der Waals surface area contributed by atoms with E-state index in [2.05, 4.69) is 20.4 Å². The fourth-order valence-electron chi connectivity index (χ4n) is 4.32. The molecule has 5 rings (SSSR count). The molecule has 0 aliphatic carbocycles. The van der Waals surface area contributed by atoms with Gasteiger partial charge in [0.25, 0.3) is 5.91 Å². The van der Waals surface area contributed by atoms with E-state index in [1.54, 1.807) is 43.6 Å². The number of amides is 1. The van der Waals surface area contributed by atoms with Crippen molar-refractivity contribution in [3.8, 4) is 11.1 Å². The Balaban J connectivity index is 1.56. The van der Waals surface area contributed by atoms with Crippen LogP contribution >= 0.6 is 0 Å². The number of morpholine rings is 1. The number of anilines is 2. The molecule has 200 valence electrons. The molecule has 5 heterocycles. The first kappa shape index (κ1) is 25.6. The maximum absolute atomic E-state index is 14.8. The Kier molecular flexibility index (Phi) is 6.33. The molecule has 1 amide bonds. The lowest BCUT2D eigenvalue weighted by Crippen LogP contribution is -2.36. The van der Waals surface area contributed by atoms with Crippen LogP contribution in [0.5, 0.6) is 0 Å². The SMILES string of the molecule is CC(C)(C)n1ncc(C(=O)Nc2cc(-c3cc(N4CCOCC4)c4nccn4c3)c(C(F)(F)F)cn2)c1F. The van der Waals surface area contributed by atoms with Crippen LogP contribution in [-0.4, -0.2) is 56.4 Å². The van der Waals surface area contributed by atoms with Crippen molar-refractivity contribution in [3.05, 3.63) is 60.2 Å². The van der Waals surface area contributed by atoms with E-state index in [1.807, 2.05) is 4.90 Å². The molecule has 9 nitrogen and oxygen atoms in total. The van der Waals surface area contributed by atoms with Gasteiger partial charge in [0.05, 0.1) is 36.2 Å². The van der Waals surface area contributed by atoms with E-state index in [4.69, 9.17) is 4.74 Å². The highest BCUT2D eigenvalue weighted by atomic mass is 19.4. The number of halogens is 4. The first-order chi connectivity index (χ1) is 17.9. The van der Waals surface area contributed by atoms with Gasteiger partial charge < -0.3 is 19.4 Å². The predicted octanol–water partition coefficient (Wildman–Crippen LogP) is 4.59. The Morgan fingerprint density at radius 3 is 2.47 bits per heavy atom. The van der Waals surface area contributed by atoms with E-state index < -0.39 is 29.1 Å². The highest BCUT2D eigenvalue weighted by Gasteiger charge is 2.35. The second-order valence-corrected chi connectivity index (χ2v) is 9.87. The molecule has 0 atom stereocenters. The van der Waals surface area contributed by atoms with Gasteiger partial charge in [-0.05, 0) is 32.9 Å². The van der Waals surface area contributed by atoms with Gasteiger partial charge >= 0.3 is 6.18 Å². The van der Waals surface area contributed by atoms with Crippen LogP contribution in [-0.2, 0) is 16.5 Å². The molecular weight excluding hydrogens is 506 g/mol. The molecule has 1 N–H and O–H groups in total. The number of aromatic nitrogens is 5. The molecule has 1 saturated heterocycles. The van der Waals surface area contributed by atoms with Gasteiger partial charge in [-0.2, -0.15) is 22.7 Å². The molecule has 38 heavy (non-hydrogen) atoms. The molecule has 0 aromatic carbocycles. The number of alkyl halides is 3. The lowest BCUT2D eigenvalue weighted by atomic mass is 10.0. The van der Waals surface area contributed by atoms with Crippen LogP contribution in [0, 0.1) is 5.95 Å². The molecule has 0 radical (unpaired) electrons. The summed E-state index contributed by atoms with van der Waals surface area (Å²) in [5, 5.41) is 6.33. The monoisotopic (exact) mass is 531 g/mol. The van der Waals surface area contributed by atoms with E-state index in [0.29, 0.717) is 43.8 Å². The van der Waals surface area contributed by atoms with Crippen molar-refractivity contribution < 1.29 is 27.1 Å². The molecule has 4 aromatic heterocycles. The summed E-state index contributed by atoms with van der Waals surface area (Å²) in [5.74, 6) is -1.90. The smallest absolute Gasteiger partial charge is 0.378 e. The number of rotatable bonds is 4. The average molecular weight is 532 g/mol.